The van der Waals surface area contributed by atoms with E-state index >= 15 is 0 Å². The number of allylic oxidation sites excluding steroid dienone is 1. The number of carbonyl (C=O) groups is 1. The molecule has 1 N–H and O–H groups in total. The summed E-state index contributed by atoms with van der Waals surface area (Å²) in [6.45, 7) is 7.28. The van der Waals surface area contributed by atoms with Gasteiger partial charge in [0.1, 0.15) is 0 Å². The van der Waals surface area contributed by atoms with Crippen LogP contribution in [0, 0.1) is 40.4 Å². The van der Waals surface area contributed by atoms with E-state index in [2.05, 4.69) is 26.8 Å². The summed E-state index contributed by atoms with van der Waals surface area (Å²) in [5.41, 5.74) is 2.23. The maximum Gasteiger partial charge on any atom is 0.0577 e. The zero-order valence-corrected chi connectivity index (χ0v) is 17.4. The molecule has 0 saturated heterocycles. The Morgan fingerprint density at radius 1 is 1.22 bits per heavy atom. The van der Waals surface area contributed by atoms with Gasteiger partial charge in [-0.15, -0.1) is 0 Å². The Labute approximate surface area is 164 Å². The highest BCUT2D eigenvalue weighted by Gasteiger charge is 2.59. The van der Waals surface area contributed by atoms with Crippen LogP contribution in [-0.4, -0.2) is 17.2 Å². The minimum Gasteiger partial charge on any atom is -0.550 e. The van der Waals surface area contributed by atoms with E-state index in [1.54, 1.807) is 5.57 Å². The number of hydrogen-bond donors (Lipinski definition) is 1. The van der Waals surface area contributed by atoms with Crippen molar-refractivity contribution < 1.29 is 15.0 Å². The third kappa shape index (κ3) is 3.09. The Bertz CT molecular complexity index is 625. The molecule has 0 bridgehead atoms. The normalized spacial score (nSPS) is 47.4. The topological polar surface area (TPSA) is 60.4 Å². The number of carboxylic acid groups (broad SMARTS) is 1. The summed E-state index contributed by atoms with van der Waals surface area (Å²) in [5.74, 6) is 2.58. The molecular formula is C24H37O3-. The van der Waals surface area contributed by atoms with Gasteiger partial charge in [-0.2, -0.15) is 0 Å². The molecule has 152 valence electrons. The number of hydrogen-bond acceptors (Lipinski definition) is 3. The van der Waals surface area contributed by atoms with Crippen LogP contribution in [0.2, 0.25) is 0 Å². The van der Waals surface area contributed by atoms with E-state index < -0.39 is 5.97 Å². The number of aliphatic hydroxyl groups excluding tert-OH is 1. The average Bonchev–Trinajstić information content (AvgIpc) is 2.97. The summed E-state index contributed by atoms with van der Waals surface area (Å²) in [6.07, 6.45) is 12.7. The van der Waals surface area contributed by atoms with Gasteiger partial charge in [-0.05, 0) is 105 Å². The summed E-state index contributed by atoms with van der Waals surface area (Å²) in [7, 11) is 0. The highest BCUT2D eigenvalue weighted by molar-refractivity contribution is 5.64. The van der Waals surface area contributed by atoms with E-state index in [1.807, 2.05) is 0 Å². The molecule has 8 atom stereocenters. The third-order valence-corrected chi connectivity index (χ3v) is 9.64. The van der Waals surface area contributed by atoms with E-state index in [-0.39, 0.29) is 12.5 Å². The van der Waals surface area contributed by atoms with Crippen molar-refractivity contribution in [2.45, 2.75) is 91.1 Å². The van der Waals surface area contributed by atoms with Gasteiger partial charge in [-0.25, -0.2) is 0 Å². The van der Waals surface area contributed by atoms with Gasteiger partial charge in [0, 0.05) is 5.97 Å². The van der Waals surface area contributed by atoms with Crippen LogP contribution >= 0.6 is 0 Å². The molecule has 3 saturated carbocycles. The second-order valence-corrected chi connectivity index (χ2v) is 10.8. The number of rotatable bonds is 4. The van der Waals surface area contributed by atoms with Gasteiger partial charge < -0.3 is 15.0 Å². The molecule has 0 unspecified atom stereocenters. The van der Waals surface area contributed by atoms with E-state index in [9.17, 15) is 15.0 Å². The SMILES string of the molecule is C[C@H](CCC(=O)[O-])[C@H]1CC[C@@H]2[C@@H]3CC=C4C[C@H](O)CC[C@]4(C)[C@@H]3CC[C@@]21C. The highest BCUT2D eigenvalue weighted by Crippen LogP contribution is 2.67. The molecule has 0 aromatic heterocycles. The van der Waals surface area contributed by atoms with Gasteiger partial charge in [0.25, 0.3) is 0 Å². The number of aliphatic hydroxyl groups is 1. The number of fused-ring (bicyclic) bond motifs is 5. The summed E-state index contributed by atoms with van der Waals surface area (Å²) in [6, 6.07) is 0. The first kappa shape index (κ1) is 19.5. The quantitative estimate of drug-likeness (QED) is 0.755. The van der Waals surface area contributed by atoms with E-state index in [4.69, 9.17) is 0 Å². The molecule has 0 aromatic carbocycles. The summed E-state index contributed by atoms with van der Waals surface area (Å²) >= 11 is 0. The summed E-state index contributed by atoms with van der Waals surface area (Å²) in [5, 5.41) is 21.1. The predicted molar refractivity (Wildman–Crippen MR) is 105 cm³/mol. The van der Waals surface area contributed by atoms with Crippen LogP contribution in [0.3, 0.4) is 0 Å². The van der Waals surface area contributed by atoms with Crippen LogP contribution in [0.15, 0.2) is 11.6 Å². The number of carbonyl (C=O) groups excluding carboxylic acids is 1. The highest BCUT2D eigenvalue weighted by atomic mass is 16.4. The minimum absolute atomic E-state index is 0.129. The van der Waals surface area contributed by atoms with Crippen molar-refractivity contribution in [1.82, 2.24) is 0 Å². The Morgan fingerprint density at radius 3 is 2.74 bits per heavy atom. The van der Waals surface area contributed by atoms with Gasteiger partial charge in [0.05, 0.1) is 6.10 Å². The van der Waals surface area contributed by atoms with Crippen molar-refractivity contribution in [2.24, 2.45) is 40.4 Å². The maximum atomic E-state index is 10.9. The zero-order chi connectivity index (χ0) is 19.4. The molecule has 0 aliphatic heterocycles. The van der Waals surface area contributed by atoms with E-state index in [0.29, 0.717) is 22.7 Å². The lowest BCUT2D eigenvalue weighted by Gasteiger charge is -2.58. The molecule has 0 amide bonds. The largest absolute Gasteiger partial charge is 0.550 e. The van der Waals surface area contributed by atoms with E-state index in [0.717, 1.165) is 43.4 Å². The van der Waals surface area contributed by atoms with Crippen LogP contribution in [0.5, 0.6) is 0 Å². The first-order valence-electron chi connectivity index (χ1n) is 11.3. The average molecular weight is 374 g/mol. The predicted octanol–water partition coefficient (Wildman–Crippen LogP) is 4.09. The monoisotopic (exact) mass is 373 g/mol. The third-order valence-electron chi connectivity index (χ3n) is 9.64. The number of carboxylic acids is 1. The Balaban J connectivity index is 1.54. The van der Waals surface area contributed by atoms with Gasteiger partial charge >= 0.3 is 0 Å². The summed E-state index contributed by atoms with van der Waals surface area (Å²) < 4.78 is 0. The van der Waals surface area contributed by atoms with Crippen LogP contribution < -0.4 is 5.11 Å². The van der Waals surface area contributed by atoms with Crippen molar-refractivity contribution in [2.75, 3.05) is 0 Å². The summed E-state index contributed by atoms with van der Waals surface area (Å²) in [4.78, 5) is 10.9. The maximum absolute atomic E-state index is 10.9. The van der Waals surface area contributed by atoms with Gasteiger partial charge in [0.2, 0.25) is 0 Å². The molecule has 0 radical (unpaired) electrons. The first-order valence-corrected chi connectivity index (χ1v) is 11.3. The van der Waals surface area contributed by atoms with Gasteiger partial charge in [-0.3, -0.25) is 0 Å². The zero-order valence-electron chi connectivity index (χ0n) is 17.4. The fraction of sp³-hybridized carbons (Fsp3) is 0.875. The molecule has 4 rings (SSSR count). The second-order valence-electron chi connectivity index (χ2n) is 10.8. The molecule has 0 spiro atoms. The molecule has 4 aliphatic rings. The Hall–Kier alpha value is -0.830. The molecule has 3 heteroatoms. The molecular weight excluding hydrogens is 336 g/mol. The van der Waals surface area contributed by atoms with Gasteiger partial charge in [-0.1, -0.05) is 32.4 Å². The van der Waals surface area contributed by atoms with Gasteiger partial charge in [0.15, 0.2) is 0 Å². The fourth-order valence-corrected chi connectivity index (χ4v) is 8.16. The van der Waals surface area contributed by atoms with Crippen molar-refractivity contribution in [3.05, 3.63) is 11.6 Å². The van der Waals surface area contributed by atoms with Crippen LogP contribution in [-0.2, 0) is 4.79 Å². The first-order chi connectivity index (χ1) is 12.8. The lowest BCUT2D eigenvalue weighted by atomic mass is 9.47. The smallest absolute Gasteiger partial charge is 0.0577 e. The fourth-order valence-electron chi connectivity index (χ4n) is 8.16. The molecule has 4 aliphatic carbocycles. The van der Waals surface area contributed by atoms with Crippen LogP contribution in [0.1, 0.15) is 85.0 Å². The molecule has 27 heavy (non-hydrogen) atoms. The van der Waals surface area contributed by atoms with Crippen molar-refractivity contribution in [3.8, 4) is 0 Å². The second kappa shape index (κ2) is 6.90. The van der Waals surface area contributed by atoms with E-state index in [1.165, 1.54) is 32.1 Å². The Kier molecular flexibility index (Phi) is 4.98. The van der Waals surface area contributed by atoms with Crippen LogP contribution in [0.4, 0.5) is 0 Å². The van der Waals surface area contributed by atoms with Crippen molar-refractivity contribution in [3.63, 3.8) is 0 Å². The van der Waals surface area contributed by atoms with Crippen LogP contribution in [0.25, 0.3) is 0 Å². The molecule has 0 aromatic rings. The minimum atomic E-state index is -0.900. The standard InChI is InChI=1S/C24H38O3/c1-15(4-9-22(26)27)19-7-8-20-18-6-5-16-14-17(25)10-12-23(16,2)21(18)11-13-24(19,20)3/h5,15,17-21,25H,4,6-14H2,1-3H3,(H,26,27)/p-1/t15-,17-,18+,19-,20-,21-,23+,24-/m1/s1. The Morgan fingerprint density at radius 2 is 2.00 bits per heavy atom. The number of aliphatic carboxylic acids is 1. The molecule has 3 fully saturated rings. The molecule has 0 heterocycles. The lowest BCUT2D eigenvalue weighted by molar-refractivity contribution is -0.306. The molecule has 3 nitrogen and oxygen atoms in total. The lowest BCUT2D eigenvalue weighted by Crippen LogP contribution is -2.50. The van der Waals surface area contributed by atoms with Crippen molar-refractivity contribution in [1.29, 1.82) is 0 Å². The van der Waals surface area contributed by atoms with Crippen molar-refractivity contribution >= 4 is 5.97 Å².